The minimum absolute atomic E-state index is 0.0827. The largest absolute Gasteiger partial charge is 0.356 e. The van der Waals surface area contributed by atoms with E-state index in [1.165, 1.54) is 11.1 Å². The van der Waals surface area contributed by atoms with Gasteiger partial charge in [0.15, 0.2) is 5.96 Å². The Bertz CT molecular complexity index is 740. The molecule has 26 heavy (non-hydrogen) atoms. The molecule has 2 aromatic rings. The molecule has 6 heteroatoms. The fourth-order valence-corrected chi connectivity index (χ4v) is 2.52. The molecule has 1 amide bonds. The molecule has 0 aliphatic heterocycles. The molecule has 2 rings (SSSR count). The van der Waals surface area contributed by atoms with E-state index in [1.54, 1.807) is 19.3 Å². The molecule has 6 nitrogen and oxygen atoms in total. The van der Waals surface area contributed by atoms with Gasteiger partial charge in [-0.3, -0.25) is 9.79 Å². The SMILES string of the molecule is CCc1ccccc1CNC(=NC)NCCC(=O)Nc1ccc(C)cn1. The molecular weight excluding hydrogens is 326 g/mol. The van der Waals surface area contributed by atoms with Gasteiger partial charge in [-0.25, -0.2) is 4.98 Å². The number of hydrogen-bond donors (Lipinski definition) is 3. The Morgan fingerprint density at radius 3 is 2.54 bits per heavy atom. The first-order valence-corrected chi connectivity index (χ1v) is 8.86. The number of hydrogen-bond acceptors (Lipinski definition) is 3. The normalized spacial score (nSPS) is 11.1. The molecule has 0 bridgehead atoms. The van der Waals surface area contributed by atoms with Crippen molar-refractivity contribution in [2.45, 2.75) is 33.2 Å². The number of benzene rings is 1. The summed E-state index contributed by atoms with van der Waals surface area (Å²) in [7, 11) is 1.72. The van der Waals surface area contributed by atoms with Gasteiger partial charge in [-0.05, 0) is 36.1 Å². The van der Waals surface area contributed by atoms with E-state index in [1.807, 2.05) is 19.1 Å². The average molecular weight is 353 g/mol. The molecule has 0 fully saturated rings. The first-order chi connectivity index (χ1) is 12.6. The van der Waals surface area contributed by atoms with Gasteiger partial charge in [0.1, 0.15) is 5.82 Å². The van der Waals surface area contributed by atoms with Crippen LogP contribution in [-0.4, -0.2) is 30.4 Å². The third kappa shape index (κ3) is 6.20. The third-order valence-electron chi connectivity index (χ3n) is 3.99. The first kappa shape index (κ1) is 19.4. The van der Waals surface area contributed by atoms with Gasteiger partial charge >= 0.3 is 0 Å². The number of nitrogens with zero attached hydrogens (tertiary/aromatic N) is 2. The van der Waals surface area contributed by atoms with Crippen molar-refractivity contribution in [3.63, 3.8) is 0 Å². The van der Waals surface area contributed by atoms with Gasteiger partial charge in [-0.15, -0.1) is 0 Å². The van der Waals surface area contributed by atoms with Gasteiger partial charge < -0.3 is 16.0 Å². The molecule has 138 valence electrons. The van der Waals surface area contributed by atoms with Gasteiger partial charge in [0.2, 0.25) is 5.91 Å². The third-order valence-corrected chi connectivity index (χ3v) is 3.99. The number of carbonyl (C=O) groups excluding carboxylic acids is 1. The van der Waals surface area contributed by atoms with Crippen LogP contribution in [0.1, 0.15) is 30.0 Å². The van der Waals surface area contributed by atoms with Crippen molar-refractivity contribution in [1.29, 1.82) is 0 Å². The van der Waals surface area contributed by atoms with E-state index in [0.29, 0.717) is 31.3 Å². The number of anilines is 1. The highest BCUT2D eigenvalue weighted by Gasteiger charge is 2.05. The van der Waals surface area contributed by atoms with E-state index in [4.69, 9.17) is 0 Å². The number of amides is 1. The Balaban J connectivity index is 1.74. The van der Waals surface area contributed by atoms with Crippen molar-refractivity contribution in [3.05, 3.63) is 59.3 Å². The summed E-state index contributed by atoms with van der Waals surface area (Å²) in [6.45, 7) is 5.30. The number of aliphatic imine (C=N–C) groups is 1. The average Bonchev–Trinajstić information content (AvgIpc) is 2.66. The number of pyridine rings is 1. The van der Waals surface area contributed by atoms with E-state index in [-0.39, 0.29) is 5.91 Å². The highest BCUT2D eigenvalue weighted by molar-refractivity contribution is 5.90. The maximum absolute atomic E-state index is 12.0. The molecule has 0 saturated carbocycles. The summed E-state index contributed by atoms with van der Waals surface area (Å²) in [6, 6.07) is 12.1. The molecule has 0 atom stereocenters. The lowest BCUT2D eigenvalue weighted by Crippen LogP contribution is -2.38. The van der Waals surface area contributed by atoms with Crippen LogP contribution in [0.2, 0.25) is 0 Å². The van der Waals surface area contributed by atoms with Crippen LogP contribution in [0.4, 0.5) is 5.82 Å². The second-order valence-electron chi connectivity index (χ2n) is 5.99. The summed E-state index contributed by atoms with van der Waals surface area (Å²) < 4.78 is 0. The molecule has 1 aromatic carbocycles. The highest BCUT2D eigenvalue weighted by Crippen LogP contribution is 2.08. The van der Waals surface area contributed by atoms with Gasteiger partial charge in [0, 0.05) is 32.8 Å². The summed E-state index contributed by atoms with van der Waals surface area (Å²) in [5, 5.41) is 9.23. The highest BCUT2D eigenvalue weighted by atomic mass is 16.1. The zero-order valence-corrected chi connectivity index (χ0v) is 15.7. The molecule has 1 aromatic heterocycles. The number of guanidine groups is 1. The van der Waals surface area contributed by atoms with Gasteiger partial charge in [0.25, 0.3) is 0 Å². The van der Waals surface area contributed by atoms with Crippen molar-refractivity contribution in [3.8, 4) is 0 Å². The molecule has 0 aliphatic carbocycles. The van der Waals surface area contributed by atoms with Crippen LogP contribution in [0, 0.1) is 6.92 Å². The first-order valence-electron chi connectivity index (χ1n) is 8.86. The van der Waals surface area contributed by atoms with E-state index < -0.39 is 0 Å². The number of aryl methyl sites for hydroxylation is 2. The summed E-state index contributed by atoms with van der Waals surface area (Å²) in [5.74, 6) is 1.16. The summed E-state index contributed by atoms with van der Waals surface area (Å²) in [4.78, 5) is 20.3. The van der Waals surface area contributed by atoms with Crippen molar-refractivity contribution in [2.75, 3.05) is 18.9 Å². The minimum Gasteiger partial charge on any atom is -0.356 e. The summed E-state index contributed by atoms with van der Waals surface area (Å²) in [6.07, 6.45) is 3.06. The zero-order chi connectivity index (χ0) is 18.8. The van der Waals surface area contributed by atoms with Crippen molar-refractivity contribution in [2.24, 2.45) is 4.99 Å². The molecule has 0 saturated heterocycles. The maximum Gasteiger partial charge on any atom is 0.227 e. The molecule has 0 aliphatic rings. The van der Waals surface area contributed by atoms with Crippen LogP contribution in [0.25, 0.3) is 0 Å². The fraction of sp³-hybridized carbons (Fsp3) is 0.350. The Labute approximate surface area is 155 Å². The van der Waals surface area contributed by atoms with Crippen molar-refractivity contribution < 1.29 is 4.79 Å². The lowest BCUT2D eigenvalue weighted by atomic mass is 10.1. The van der Waals surface area contributed by atoms with E-state index in [0.717, 1.165) is 12.0 Å². The monoisotopic (exact) mass is 353 g/mol. The predicted octanol–water partition coefficient (Wildman–Crippen LogP) is 2.65. The van der Waals surface area contributed by atoms with Crippen LogP contribution in [0.5, 0.6) is 0 Å². The molecule has 0 radical (unpaired) electrons. The predicted molar refractivity (Wildman–Crippen MR) is 106 cm³/mol. The summed E-state index contributed by atoms with van der Waals surface area (Å²) >= 11 is 0. The van der Waals surface area contributed by atoms with Gasteiger partial charge in [0.05, 0.1) is 0 Å². The van der Waals surface area contributed by atoms with Crippen LogP contribution in [-0.2, 0) is 17.8 Å². The second-order valence-corrected chi connectivity index (χ2v) is 5.99. The standard InChI is InChI=1S/C20H27N5O/c1-4-16-7-5-6-8-17(16)14-24-20(21-3)22-12-11-19(26)25-18-10-9-15(2)13-23-18/h5-10,13H,4,11-12,14H2,1-3H3,(H2,21,22,24)(H,23,25,26). The fourth-order valence-electron chi connectivity index (χ4n) is 2.52. The van der Waals surface area contributed by atoms with Crippen molar-refractivity contribution in [1.82, 2.24) is 15.6 Å². The topological polar surface area (TPSA) is 78.4 Å². The minimum atomic E-state index is -0.0827. The number of carbonyl (C=O) groups is 1. The number of nitrogens with one attached hydrogen (secondary N) is 3. The Hall–Kier alpha value is -2.89. The summed E-state index contributed by atoms with van der Waals surface area (Å²) in [5.41, 5.74) is 3.63. The number of aromatic nitrogens is 1. The lowest BCUT2D eigenvalue weighted by molar-refractivity contribution is -0.116. The lowest BCUT2D eigenvalue weighted by Gasteiger charge is -2.13. The van der Waals surface area contributed by atoms with Crippen LogP contribution >= 0.6 is 0 Å². The molecule has 0 spiro atoms. The van der Waals surface area contributed by atoms with Crippen LogP contribution in [0.15, 0.2) is 47.6 Å². The van der Waals surface area contributed by atoms with Gasteiger partial charge in [-0.1, -0.05) is 37.3 Å². The number of rotatable bonds is 7. The smallest absolute Gasteiger partial charge is 0.227 e. The van der Waals surface area contributed by atoms with Crippen LogP contribution in [0.3, 0.4) is 0 Å². The molecule has 0 unspecified atom stereocenters. The van der Waals surface area contributed by atoms with Gasteiger partial charge in [-0.2, -0.15) is 0 Å². The molecule has 1 heterocycles. The molecule has 3 N–H and O–H groups in total. The van der Waals surface area contributed by atoms with Crippen molar-refractivity contribution >= 4 is 17.7 Å². The second kappa shape index (κ2) is 10.2. The molecular formula is C20H27N5O. The Morgan fingerprint density at radius 1 is 1.12 bits per heavy atom. The van der Waals surface area contributed by atoms with E-state index in [9.17, 15) is 4.79 Å². The quantitative estimate of drug-likeness (QED) is 0.528. The maximum atomic E-state index is 12.0. The van der Waals surface area contributed by atoms with Crippen LogP contribution < -0.4 is 16.0 Å². The zero-order valence-electron chi connectivity index (χ0n) is 15.7. The van der Waals surface area contributed by atoms with E-state index >= 15 is 0 Å². The Kier molecular flexibility index (Phi) is 7.61. The van der Waals surface area contributed by atoms with E-state index in [2.05, 4.69) is 51.0 Å². The Morgan fingerprint density at radius 2 is 1.88 bits per heavy atom.